The maximum atomic E-state index is 12.9. The van der Waals surface area contributed by atoms with Crippen molar-refractivity contribution >= 4 is 22.8 Å². The second-order valence-electron chi connectivity index (χ2n) is 5.70. The molecule has 2 aromatic heterocycles. The third kappa shape index (κ3) is 2.73. The summed E-state index contributed by atoms with van der Waals surface area (Å²) in [6, 6.07) is 4.58. The fourth-order valence-corrected chi connectivity index (χ4v) is 2.56. The summed E-state index contributed by atoms with van der Waals surface area (Å²) in [7, 11) is 2.87. The number of anilines is 1. The number of carbonyl (C=O) groups excluding carboxylic acids is 1. The summed E-state index contributed by atoms with van der Waals surface area (Å²) in [5.74, 6) is -0.808. The van der Waals surface area contributed by atoms with Crippen molar-refractivity contribution in [1.82, 2.24) is 18.7 Å². The highest BCUT2D eigenvalue weighted by Crippen LogP contribution is 2.16. The van der Waals surface area contributed by atoms with Crippen LogP contribution in [0.15, 0.2) is 40.2 Å². The Labute approximate surface area is 141 Å². The molecule has 8 nitrogen and oxygen atoms in total. The van der Waals surface area contributed by atoms with Crippen LogP contribution in [0, 0.1) is 5.82 Å². The molecular formula is C16H16FN5O3. The van der Waals surface area contributed by atoms with Crippen LogP contribution < -0.4 is 16.6 Å². The number of imidazole rings is 1. The monoisotopic (exact) mass is 345 g/mol. The molecule has 9 heteroatoms. The number of nitrogens with zero attached hydrogens (tertiary/aromatic N) is 4. The van der Waals surface area contributed by atoms with Gasteiger partial charge in [-0.2, -0.15) is 0 Å². The summed E-state index contributed by atoms with van der Waals surface area (Å²) >= 11 is 0. The van der Waals surface area contributed by atoms with E-state index in [9.17, 15) is 18.8 Å². The van der Waals surface area contributed by atoms with E-state index in [-0.39, 0.29) is 11.2 Å². The molecular weight excluding hydrogens is 329 g/mol. The standard InChI is InChI=1S/C16H16FN5O3/c1-9(14(23)19-11-6-4-10(17)5-7-11)22-8-18-13-12(22)15(24)21(3)16(25)20(13)2/h4-9H,1-3H3,(H,19,23)/t9-/m0/s1. The van der Waals surface area contributed by atoms with Crippen LogP contribution >= 0.6 is 0 Å². The molecule has 1 N–H and O–H groups in total. The van der Waals surface area contributed by atoms with Gasteiger partial charge in [0.15, 0.2) is 11.2 Å². The minimum atomic E-state index is -0.764. The minimum Gasteiger partial charge on any atom is -0.324 e. The van der Waals surface area contributed by atoms with E-state index >= 15 is 0 Å². The van der Waals surface area contributed by atoms with Crippen molar-refractivity contribution in [2.75, 3.05) is 5.32 Å². The van der Waals surface area contributed by atoms with Crippen molar-refractivity contribution < 1.29 is 9.18 Å². The highest BCUT2D eigenvalue weighted by atomic mass is 19.1. The van der Waals surface area contributed by atoms with Crippen molar-refractivity contribution in [3.8, 4) is 0 Å². The van der Waals surface area contributed by atoms with Crippen LogP contribution in [0.5, 0.6) is 0 Å². The van der Waals surface area contributed by atoms with Crippen molar-refractivity contribution in [2.24, 2.45) is 14.1 Å². The number of amides is 1. The molecule has 0 aliphatic heterocycles. The summed E-state index contributed by atoms with van der Waals surface area (Å²) < 4.78 is 16.6. The van der Waals surface area contributed by atoms with Crippen LogP contribution in [-0.4, -0.2) is 24.6 Å². The SMILES string of the molecule is C[C@@H](C(=O)Nc1ccc(F)cc1)n1cnc2c1c(=O)n(C)c(=O)n2C. The van der Waals surface area contributed by atoms with Crippen LogP contribution in [0.1, 0.15) is 13.0 Å². The topological polar surface area (TPSA) is 90.9 Å². The number of carbonyl (C=O) groups is 1. The van der Waals surface area contributed by atoms with Gasteiger partial charge >= 0.3 is 5.69 Å². The zero-order chi connectivity index (χ0) is 18.3. The first-order chi connectivity index (χ1) is 11.8. The molecule has 1 atom stereocenters. The Hall–Kier alpha value is -3.23. The fourth-order valence-electron chi connectivity index (χ4n) is 2.56. The lowest BCUT2D eigenvalue weighted by molar-refractivity contribution is -0.118. The third-order valence-corrected chi connectivity index (χ3v) is 4.08. The number of nitrogens with one attached hydrogen (secondary N) is 1. The molecule has 0 saturated carbocycles. The maximum absolute atomic E-state index is 12.9. The molecule has 3 aromatic rings. The van der Waals surface area contributed by atoms with Gasteiger partial charge in [0, 0.05) is 19.8 Å². The zero-order valence-corrected chi connectivity index (χ0v) is 13.9. The van der Waals surface area contributed by atoms with Gasteiger partial charge in [-0.3, -0.25) is 18.7 Å². The zero-order valence-electron chi connectivity index (χ0n) is 13.9. The van der Waals surface area contributed by atoms with Crippen LogP contribution in [0.3, 0.4) is 0 Å². The Kier molecular flexibility index (Phi) is 3.99. The van der Waals surface area contributed by atoms with Crippen LogP contribution in [0.25, 0.3) is 11.2 Å². The number of hydrogen-bond donors (Lipinski definition) is 1. The Bertz CT molecular complexity index is 1080. The summed E-state index contributed by atoms with van der Waals surface area (Å²) in [5.41, 5.74) is -0.230. The Morgan fingerprint density at radius 2 is 1.80 bits per heavy atom. The van der Waals surface area contributed by atoms with E-state index < -0.39 is 29.0 Å². The smallest absolute Gasteiger partial charge is 0.324 e. The van der Waals surface area contributed by atoms with Gasteiger partial charge in [0.05, 0.1) is 6.33 Å². The lowest BCUT2D eigenvalue weighted by Gasteiger charge is -2.15. The first kappa shape index (κ1) is 16.6. The van der Waals surface area contributed by atoms with Crippen LogP contribution in [0.2, 0.25) is 0 Å². The maximum Gasteiger partial charge on any atom is 0.332 e. The highest BCUT2D eigenvalue weighted by molar-refractivity contribution is 5.94. The number of aryl methyl sites for hydroxylation is 1. The Morgan fingerprint density at radius 1 is 1.16 bits per heavy atom. The molecule has 0 radical (unpaired) electrons. The molecule has 2 heterocycles. The van der Waals surface area contributed by atoms with E-state index in [0.717, 1.165) is 4.57 Å². The number of aromatic nitrogens is 4. The van der Waals surface area contributed by atoms with Gasteiger partial charge in [0.1, 0.15) is 11.9 Å². The molecule has 0 fully saturated rings. The van der Waals surface area contributed by atoms with E-state index in [4.69, 9.17) is 0 Å². The summed E-state index contributed by atoms with van der Waals surface area (Å²) in [5, 5.41) is 2.65. The molecule has 0 spiro atoms. The summed E-state index contributed by atoms with van der Waals surface area (Å²) in [4.78, 5) is 40.9. The first-order valence-electron chi connectivity index (χ1n) is 7.50. The van der Waals surface area contributed by atoms with Gasteiger partial charge in [-0.05, 0) is 31.2 Å². The van der Waals surface area contributed by atoms with Crippen molar-refractivity contribution in [2.45, 2.75) is 13.0 Å². The molecule has 0 saturated heterocycles. The van der Waals surface area contributed by atoms with E-state index in [0.29, 0.717) is 5.69 Å². The van der Waals surface area contributed by atoms with E-state index in [1.54, 1.807) is 6.92 Å². The first-order valence-corrected chi connectivity index (χ1v) is 7.50. The number of fused-ring (bicyclic) bond motifs is 1. The van der Waals surface area contributed by atoms with E-state index in [1.807, 2.05) is 0 Å². The molecule has 130 valence electrons. The number of hydrogen-bond acceptors (Lipinski definition) is 4. The van der Waals surface area contributed by atoms with Gasteiger partial charge in [-0.25, -0.2) is 14.2 Å². The number of halogens is 1. The van der Waals surface area contributed by atoms with Gasteiger partial charge in [0.25, 0.3) is 5.56 Å². The quantitative estimate of drug-likeness (QED) is 0.759. The molecule has 0 aliphatic carbocycles. The fraction of sp³-hybridized carbons (Fsp3) is 0.250. The van der Waals surface area contributed by atoms with Crippen LogP contribution in [0.4, 0.5) is 10.1 Å². The molecule has 0 unspecified atom stereocenters. The molecule has 0 aliphatic rings. The average Bonchev–Trinajstić information content (AvgIpc) is 3.04. The second kappa shape index (κ2) is 6.00. The van der Waals surface area contributed by atoms with Crippen molar-refractivity contribution in [3.05, 3.63) is 57.2 Å². The minimum absolute atomic E-state index is 0.159. The lowest BCUT2D eigenvalue weighted by atomic mass is 10.2. The highest BCUT2D eigenvalue weighted by Gasteiger charge is 2.21. The van der Waals surface area contributed by atoms with Crippen LogP contribution in [-0.2, 0) is 18.9 Å². The molecule has 0 bridgehead atoms. The molecule has 1 aromatic carbocycles. The largest absolute Gasteiger partial charge is 0.332 e. The molecule has 25 heavy (non-hydrogen) atoms. The van der Waals surface area contributed by atoms with E-state index in [1.165, 1.54) is 53.8 Å². The second-order valence-corrected chi connectivity index (χ2v) is 5.70. The predicted molar refractivity (Wildman–Crippen MR) is 90.0 cm³/mol. The van der Waals surface area contributed by atoms with Gasteiger partial charge in [0.2, 0.25) is 5.91 Å². The average molecular weight is 345 g/mol. The van der Waals surface area contributed by atoms with Gasteiger partial charge in [-0.1, -0.05) is 0 Å². The van der Waals surface area contributed by atoms with Crippen molar-refractivity contribution in [1.29, 1.82) is 0 Å². The van der Waals surface area contributed by atoms with Gasteiger partial charge in [-0.15, -0.1) is 0 Å². The molecule has 3 rings (SSSR count). The van der Waals surface area contributed by atoms with Crippen molar-refractivity contribution in [3.63, 3.8) is 0 Å². The Balaban J connectivity index is 2.01. The predicted octanol–water partition coefficient (Wildman–Crippen LogP) is 0.772. The Morgan fingerprint density at radius 3 is 2.44 bits per heavy atom. The number of benzene rings is 1. The lowest BCUT2D eigenvalue weighted by Crippen LogP contribution is -2.38. The summed E-state index contributed by atoms with van der Waals surface area (Å²) in [6.45, 7) is 1.60. The van der Waals surface area contributed by atoms with E-state index in [2.05, 4.69) is 10.3 Å². The van der Waals surface area contributed by atoms with Gasteiger partial charge < -0.3 is 9.88 Å². The normalized spacial score (nSPS) is 12.3. The summed E-state index contributed by atoms with van der Waals surface area (Å²) in [6.07, 6.45) is 1.35. The molecule has 1 amide bonds. The third-order valence-electron chi connectivity index (χ3n) is 4.08. The number of rotatable bonds is 3.